The van der Waals surface area contributed by atoms with Crippen LogP contribution in [0, 0.1) is 11.8 Å². The van der Waals surface area contributed by atoms with E-state index in [0.717, 1.165) is 38.3 Å². The van der Waals surface area contributed by atoms with Gasteiger partial charge in [0, 0.05) is 18.5 Å². The fourth-order valence-electron chi connectivity index (χ4n) is 3.42. The van der Waals surface area contributed by atoms with E-state index in [9.17, 15) is 4.79 Å². The van der Waals surface area contributed by atoms with Crippen molar-refractivity contribution in [1.82, 2.24) is 10.6 Å². The van der Waals surface area contributed by atoms with Crippen molar-refractivity contribution in [2.24, 2.45) is 11.8 Å². The lowest BCUT2D eigenvalue weighted by Crippen LogP contribution is -2.42. The fraction of sp³-hybridized carbons (Fsp3) is 0.933. The first-order valence-electron chi connectivity index (χ1n) is 7.77. The highest BCUT2D eigenvalue weighted by molar-refractivity contribution is 5.85. The lowest BCUT2D eigenvalue weighted by molar-refractivity contribution is -0.126. The predicted octanol–water partition coefficient (Wildman–Crippen LogP) is 2.88. The predicted molar refractivity (Wildman–Crippen MR) is 81.6 cm³/mol. The first-order valence-corrected chi connectivity index (χ1v) is 7.77. The zero-order valence-corrected chi connectivity index (χ0v) is 12.9. The summed E-state index contributed by atoms with van der Waals surface area (Å²) in [5.41, 5.74) is 0. The molecule has 0 aromatic rings. The van der Waals surface area contributed by atoms with E-state index in [1.165, 1.54) is 32.1 Å². The first-order chi connectivity index (χ1) is 8.75. The number of hydrogen-bond donors (Lipinski definition) is 2. The Balaban J connectivity index is 0.00000180. The van der Waals surface area contributed by atoms with E-state index in [0.29, 0.717) is 6.04 Å². The van der Waals surface area contributed by atoms with Gasteiger partial charge in [0.05, 0.1) is 0 Å². The van der Waals surface area contributed by atoms with Gasteiger partial charge in [-0.3, -0.25) is 4.79 Å². The Hall–Kier alpha value is -0.280. The van der Waals surface area contributed by atoms with E-state index in [2.05, 4.69) is 17.6 Å². The lowest BCUT2D eigenvalue weighted by atomic mass is 9.92. The van der Waals surface area contributed by atoms with Crippen molar-refractivity contribution in [3.63, 3.8) is 0 Å². The summed E-state index contributed by atoms with van der Waals surface area (Å²) in [7, 11) is 0. The van der Waals surface area contributed by atoms with E-state index >= 15 is 0 Å². The van der Waals surface area contributed by atoms with E-state index < -0.39 is 0 Å². The lowest BCUT2D eigenvalue weighted by Gasteiger charge is -2.27. The quantitative estimate of drug-likeness (QED) is 0.764. The standard InChI is InChI=1S/C15H28N2O.ClH/c1-12-11-14(8-10-16-12)15(18)17-9-4-7-13-5-2-3-6-13;/h12-14,16H,2-11H2,1H3,(H,17,18);1H/t12-,14-;/m0./s1. The molecule has 0 unspecified atom stereocenters. The Morgan fingerprint density at radius 3 is 2.68 bits per heavy atom. The fourth-order valence-corrected chi connectivity index (χ4v) is 3.42. The Bertz CT molecular complexity index is 267. The van der Waals surface area contributed by atoms with Crippen LogP contribution in [0.4, 0.5) is 0 Å². The monoisotopic (exact) mass is 288 g/mol. The molecule has 1 saturated carbocycles. The van der Waals surface area contributed by atoms with Crippen LogP contribution in [0.5, 0.6) is 0 Å². The molecule has 0 aromatic carbocycles. The zero-order valence-electron chi connectivity index (χ0n) is 12.1. The van der Waals surface area contributed by atoms with Crippen molar-refractivity contribution < 1.29 is 4.79 Å². The molecule has 2 atom stereocenters. The summed E-state index contributed by atoms with van der Waals surface area (Å²) in [6, 6.07) is 0.494. The van der Waals surface area contributed by atoms with Crippen molar-refractivity contribution in [2.45, 2.75) is 64.3 Å². The summed E-state index contributed by atoms with van der Waals surface area (Å²) in [5.74, 6) is 1.48. The van der Waals surface area contributed by atoms with E-state index in [4.69, 9.17) is 0 Å². The normalized spacial score (nSPS) is 27.8. The van der Waals surface area contributed by atoms with Crippen LogP contribution in [0.3, 0.4) is 0 Å². The minimum atomic E-state index is 0. The van der Waals surface area contributed by atoms with Gasteiger partial charge < -0.3 is 10.6 Å². The molecule has 3 nitrogen and oxygen atoms in total. The van der Waals surface area contributed by atoms with Crippen LogP contribution < -0.4 is 10.6 Å². The molecule has 112 valence electrons. The second-order valence-corrected chi connectivity index (χ2v) is 6.16. The molecule has 0 radical (unpaired) electrons. The number of halogens is 1. The molecule has 1 amide bonds. The van der Waals surface area contributed by atoms with Crippen LogP contribution >= 0.6 is 12.4 Å². The first kappa shape index (κ1) is 16.8. The summed E-state index contributed by atoms with van der Waals surface area (Å²) < 4.78 is 0. The molecule has 0 spiro atoms. The van der Waals surface area contributed by atoms with Crippen molar-refractivity contribution in [2.75, 3.05) is 13.1 Å². The minimum absolute atomic E-state index is 0. The number of rotatable bonds is 5. The highest BCUT2D eigenvalue weighted by Gasteiger charge is 2.24. The molecule has 0 aromatic heterocycles. The van der Waals surface area contributed by atoms with Crippen molar-refractivity contribution >= 4 is 18.3 Å². The van der Waals surface area contributed by atoms with Crippen LogP contribution in [0.2, 0.25) is 0 Å². The maximum atomic E-state index is 12.0. The van der Waals surface area contributed by atoms with Gasteiger partial charge in [-0.05, 0) is 45.1 Å². The highest BCUT2D eigenvalue weighted by Crippen LogP contribution is 2.28. The molecule has 1 saturated heterocycles. The highest BCUT2D eigenvalue weighted by atomic mass is 35.5. The Kier molecular flexibility index (Phi) is 7.77. The van der Waals surface area contributed by atoms with Gasteiger partial charge in [-0.25, -0.2) is 0 Å². The summed E-state index contributed by atoms with van der Waals surface area (Å²) in [4.78, 5) is 12.0. The van der Waals surface area contributed by atoms with Crippen LogP contribution in [-0.4, -0.2) is 25.0 Å². The Labute approximate surface area is 123 Å². The average molecular weight is 289 g/mol. The van der Waals surface area contributed by atoms with Crippen molar-refractivity contribution in [1.29, 1.82) is 0 Å². The third-order valence-corrected chi connectivity index (χ3v) is 4.56. The molecule has 1 heterocycles. The topological polar surface area (TPSA) is 41.1 Å². The minimum Gasteiger partial charge on any atom is -0.356 e. The maximum Gasteiger partial charge on any atom is 0.223 e. The number of amides is 1. The summed E-state index contributed by atoms with van der Waals surface area (Å²) in [6.45, 7) is 4.04. The van der Waals surface area contributed by atoms with Crippen LogP contribution in [0.15, 0.2) is 0 Å². The molecule has 4 heteroatoms. The number of carbonyl (C=O) groups is 1. The van der Waals surface area contributed by atoms with Crippen molar-refractivity contribution in [3.05, 3.63) is 0 Å². The van der Waals surface area contributed by atoms with E-state index in [1.807, 2.05) is 0 Å². The molecule has 2 fully saturated rings. The molecule has 1 aliphatic heterocycles. The summed E-state index contributed by atoms with van der Waals surface area (Å²) in [5, 5.41) is 6.52. The van der Waals surface area contributed by atoms with Crippen LogP contribution in [0.1, 0.15) is 58.3 Å². The average Bonchev–Trinajstić information content (AvgIpc) is 2.87. The van der Waals surface area contributed by atoms with Gasteiger partial charge >= 0.3 is 0 Å². The number of carbonyl (C=O) groups excluding carboxylic acids is 1. The van der Waals surface area contributed by atoms with Gasteiger partial charge in [0.25, 0.3) is 0 Å². The largest absolute Gasteiger partial charge is 0.356 e. The molecule has 2 aliphatic rings. The molecule has 1 aliphatic carbocycles. The number of piperidine rings is 1. The van der Waals surface area contributed by atoms with Crippen LogP contribution in [0.25, 0.3) is 0 Å². The Morgan fingerprint density at radius 1 is 1.26 bits per heavy atom. The van der Waals surface area contributed by atoms with Crippen molar-refractivity contribution in [3.8, 4) is 0 Å². The van der Waals surface area contributed by atoms with Crippen LogP contribution in [-0.2, 0) is 4.79 Å². The van der Waals surface area contributed by atoms with Gasteiger partial charge in [0.15, 0.2) is 0 Å². The summed E-state index contributed by atoms with van der Waals surface area (Å²) in [6.07, 6.45) is 10.1. The molecular weight excluding hydrogens is 260 g/mol. The molecular formula is C15H29ClN2O. The number of nitrogens with one attached hydrogen (secondary N) is 2. The third-order valence-electron chi connectivity index (χ3n) is 4.56. The van der Waals surface area contributed by atoms with E-state index in [1.54, 1.807) is 0 Å². The second kappa shape index (κ2) is 8.80. The molecule has 2 N–H and O–H groups in total. The van der Waals surface area contributed by atoms with Gasteiger partial charge in [0.2, 0.25) is 5.91 Å². The maximum absolute atomic E-state index is 12.0. The van der Waals surface area contributed by atoms with Gasteiger partial charge in [-0.1, -0.05) is 25.7 Å². The number of hydrogen-bond acceptors (Lipinski definition) is 2. The molecule has 19 heavy (non-hydrogen) atoms. The third kappa shape index (κ3) is 5.70. The van der Waals surface area contributed by atoms with Gasteiger partial charge in [-0.15, -0.1) is 12.4 Å². The smallest absolute Gasteiger partial charge is 0.223 e. The second-order valence-electron chi connectivity index (χ2n) is 6.16. The zero-order chi connectivity index (χ0) is 12.8. The van der Waals surface area contributed by atoms with Gasteiger partial charge in [0.1, 0.15) is 0 Å². The SMILES string of the molecule is C[C@H]1C[C@@H](C(=O)NCCCC2CCCC2)CCN1.Cl. The Morgan fingerprint density at radius 2 is 2.00 bits per heavy atom. The molecule has 0 bridgehead atoms. The summed E-state index contributed by atoms with van der Waals surface area (Å²) >= 11 is 0. The molecule has 2 rings (SSSR count). The van der Waals surface area contributed by atoms with E-state index in [-0.39, 0.29) is 24.2 Å². The van der Waals surface area contributed by atoms with Gasteiger partial charge in [-0.2, -0.15) is 0 Å².